The van der Waals surface area contributed by atoms with Crippen molar-refractivity contribution in [2.45, 2.75) is 25.7 Å². The van der Waals surface area contributed by atoms with Gasteiger partial charge in [-0.1, -0.05) is 37.2 Å². The largest absolute Gasteiger partial charge is 0.494 e. The molecule has 0 aromatic heterocycles. The van der Waals surface area contributed by atoms with Crippen molar-refractivity contribution < 1.29 is 4.74 Å². The zero-order valence-corrected chi connectivity index (χ0v) is 10.1. The number of benzene rings is 1. The van der Waals surface area contributed by atoms with Crippen LogP contribution >= 0.6 is 12.2 Å². The molecule has 1 aliphatic rings. The van der Waals surface area contributed by atoms with Crippen molar-refractivity contribution in [2.24, 2.45) is 11.7 Å². The highest BCUT2D eigenvalue weighted by Crippen LogP contribution is 2.32. The first kappa shape index (κ1) is 11.4. The minimum Gasteiger partial charge on any atom is -0.494 e. The van der Waals surface area contributed by atoms with E-state index in [1.165, 1.54) is 19.3 Å². The molecule has 0 aliphatic heterocycles. The molecule has 0 bridgehead atoms. The van der Waals surface area contributed by atoms with Gasteiger partial charge in [0.1, 0.15) is 5.75 Å². The average molecular weight is 235 g/mol. The molecule has 1 aliphatic carbocycles. The second-order valence-corrected chi connectivity index (χ2v) is 4.89. The van der Waals surface area contributed by atoms with Crippen molar-refractivity contribution in [3.63, 3.8) is 0 Å². The van der Waals surface area contributed by atoms with Gasteiger partial charge in [-0.3, -0.25) is 0 Å². The third kappa shape index (κ3) is 3.81. The fourth-order valence-corrected chi connectivity index (χ4v) is 1.82. The lowest BCUT2D eigenvalue weighted by molar-refractivity contribution is 0.302. The van der Waals surface area contributed by atoms with E-state index in [2.05, 4.69) is 0 Å². The van der Waals surface area contributed by atoms with Gasteiger partial charge >= 0.3 is 0 Å². The number of thiocarbonyl (C=S) groups is 1. The first-order valence-electron chi connectivity index (χ1n) is 5.74. The number of rotatable bonds is 6. The molecule has 0 amide bonds. The molecule has 0 spiro atoms. The Morgan fingerprint density at radius 3 is 2.56 bits per heavy atom. The second kappa shape index (κ2) is 5.30. The predicted octanol–water partition coefficient (Wildman–Crippen LogP) is 2.69. The van der Waals surface area contributed by atoms with Crippen LogP contribution in [0.1, 0.15) is 24.8 Å². The summed E-state index contributed by atoms with van der Waals surface area (Å²) < 4.78 is 5.65. The Labute approximate surface area is 102 Å². The first-order valence-corrected chi connectivity index (χ1v) is 6.15. The standard InChI is InChI=1S/C13H17NOS/c14-13(16)9-11-3-5-12(6-4-11)15-8-7-10-1-2-10/h3-6,10H,1-2,7-9H2,(H2,14,16). The van der Waals surface area contributed by atoms with Crippen molar-refractivity contribution in [1.82, 2.24) is 0 Å². The van der Waals surface area contributed by atoms with E-state index in [4.69, 9.17) is 22.7 Å². The molecule has 3 heteroatoms. The highest BCUT2D eigenvalue weighted by Gasteiger charge is 2.20. The Bertz CT molecular complexity index is 357. The molecule has 2 N–H and O–H groups in total. The number of nitrogens with two attached hydrogens (primary N) is 1. The van der Waals surface area contributed by atoms with Crippen LogP contribution in [0.4, 0.5) is 0 Å². The lowest BCUT2D eigenvalue weighted by Gasteiger charge is -2.06. The zero-order chi connectivity index (χ0) is 11.4. The van der Waals surface area contributed by atoms with E-state index >= 15 is 0 Å². The summed E-state index contributed by atoms with van der Waals surface area (Å²) in [5, 5.41) is 0. The summed E-state index contributed by atoms with van der Waals surface area (Å²) >= 11 is 4.86. The average Bonchev–Trinajstić information content (AvgIpc) is 3.04. The Hall–Kier alpha value is -1.09. The van der Waals surface area contributed by atoms with Crippen molar-refractivity contribution in [1.29, 1.82) is 0 Å². The van der Waals surface area contributed by atoms with Gasteiger partial charge in [-0.2, -0.15) is 0 Å². The molecule has 0 saturated heterocycles. The molecule has 2 nitrogen and oxygen atoms in total. The Kier molecular flexibility index (Phi) is 3.78. The van der Waals surface area contributed by atoms with E-state index in [0.29, 0.717) is 11.4 Å². The third-order valence-electron chi connectivity index (χ3n) is 2.79. The van der Waals surface area contributed by atoms with E-state index in [0.717, 1.165) is 23.8 Å². The highest BCUT2D eigenvalue weighted by molar-refractivity contribution is 7.80. The van der Waals surface area contributed by atoms with Gasteiger partial charge in [0.2, 0.25) is 0 Å². The molecule has 1 aromatic carbocycles. The molecular weight excluding hydrogens is 218 g/mol. The molecule has 1 aromatic rings. The Morgan fingerprint density at radius 1 is 1.31 bits per heavy atom. The topological polar surface area (TPSA) is 35.2 Å². The van der Waals surface area contributed by atoms with Crippen LogP contribution in [0.5, 0.6) is 5.75 Å². The van der Waals surface area contributed by atoms with Gasteiger partial charge in [0, 0.05) is 6.42 Å². The quantitative estimate of drug-likeness (QED) is 0.770. The molecular formula is C13H17NOS. The summed E-state index contributed by atoms with van der Waals surface area (Å²) in [6.07, 6.45) is 4.62. The second-order valence-electron chi connectivity index (χ2n) is 4.37. The zero-order valence-electron chi connectivity index (χ0n) is 9.32. The minimum absolute atomic E-state index is 0.530. The monoisotopic (exact) mass is 235 g/mol. The molecule has 86 valence electrons. The molecule has 2 rings (SSSR count). The molecule has 1 saturated carbocycles. The lowest BCUT2D eigenvalue weighted by atomic mass is 10.1. The molecule has 16 heavy (non-hydrogen) atoms. The van der Waals surface area contributed by atoms with Crippen LogP contribution in [-0.4, -0.2) is 11.6 Å². The molecule has 0 radical (unpaired) electrons. The lowest BCUT2D eigenvalue weighted by Crippen LogP contribution is -2.10. The van der Waals surface area contributed by atoms with Crippen LogP contribution in [0.15, 0.2) is 24.3 Å². The Balaban J connectivity index is 1.78. The number of hydrogen-bond acceptors (Lipinski definition) is 2. The minimum atomic E-state index is 0.530. The van der Waals surface area contributed by atoms with Gasteiger partial charge in [-0.05, 0) is 30.0 Å². The predicted molar refractivity (Wildman–Crippen MR) is 69.8 cm³/mol. The summed E-state index contributed by atoms with van der Waals surface area (Å²) in [7, 11) is 0. The fourth-order valence-electron chi connectivity index (χ4n) is 1.65. The van der Waals surface area contributed by atoms with Crippen molar-refractivity contribution in [3.05, 3.63) is 29.8 Å². The SMILES string of the molecule is NC(=S)Cc1ccc(OCCC2CC2)cc1. The molecule has 0 heterocycles. The fraction of sp³-hybridized carbons (Fsp3) is 0.462. The third-order valence-corrected chi connectivity index (χ3v) is 2.94. The van der Waals surface area contributed by atoms with E-state index in [-0.39, 0.29) is 0 Å². The van der Waals surface area contributed by atoms with E-state index in [1.54, 1.807) is 0 Å². The van der Waals surface area contributed by atoms with Gasteiger partial charge in [-0.25, -0.2) is 0 Å². The maximum atomic E-state index is 5.65. The summed E-state index contributed by atoms with van der Waals surface area (Å²) in [4.78, 5) is 0.530. The molecule has 0 unspecified atom stereocenters. The smallest absolute Gasteiger partial charge is 0.119 e. The van der Waals surface area contributed by atoms with Crippen LogP contribution in [0.25, 0.3) is 0 Å². The Morgan fingerprint density at radius 2 is 2.00 bits per heavy atom. The first-order chi connectivity index (χ1) is 7.74. The van der Waals surface area contributed by atoms with Crippen molar-refractivity contribution in [3.8, 4) is 5.75 Å². The van der Waals surface area contributed by atoms with Crippen LogP contribution < -0.4 is 10.5 Å². The summed E-state index contributed by atoms with van der Waals surface area (Å²) in [6.45, 7) is 0.833. The number of hydrogen-bond donors (Lipinski definition) is 1. The summed E-state index contributed by atoms with van der Waals surface area (Å²) in [5.74, 6) is 1.86. The van der Waals surface area contributed by atoms with Gasteiger partial charge in [0.15, 0.2) is 0 Å². The summed E-state index contributed by atoms with van der Waals surface area (Å²) in [6, 6.07) is 8.01. The van der Waals surface area contributed by atoms with Crippen LogP contribution in [0.3, 0.4) is 0 Å². The van der Waals surface area contributed by atoms with Crippen LogP contribution in [0.2, 0.25) is 0 Å². The van der Waals surface area contributed by atoms with Crippen molar-refractivity contribution in [2.75, 3.05) is 6.61 Å². The maximum Gasteiger partial charge on any atom is 0.119 e. The van der Waals surface area contributed by atoms with Gasteiger partial charge in [0.05, 0.1) is 11.6 Å². The van der Waals surface area contributed by atoms with Gasteiger partial charge in [0.25, 0.3) is 0 Å². The van der Waals surface area contributed by atoms with Gasteiger partial charge in [-0.15, -0.1) is 0 Å². The van der Waals surface area contributed by atoms with E-state index < -0.39 is 0 Å². The van der Waals surface area contributed by atoms with Crippen LogP contribution in [-0.2, 0) is 6.42 Å². The molecule has 0 atom stereocenters. The number of ether oxygens (including phenoxy) is 1. The summed E-state index contributed by atoms with van der Waals surface area (Å²) in [5.41, 5.74) is 6.62. The van der Waals surface area contributed by atoms with Crippen molar-refractivity contribution >= 4 is 17.2 Å². The highest BCUT2D eigenvalue weighted by atomic mass is 32.1. The van der Waals surface area contributed by atoms with E-state index in [1.807, 2.05) is 24.3 Å². The van der Waals surface area contributed by atoms with Crippen LogP contribution in [0, 0.1) is 5.92 Å². The van der Waals surface area contributed by atoms with Gasteiger partial charge < -0.3 is 10.5 Å². The normalized spacial score (nSPS) is 14.8. The molecule has 1 fully saturated rings. The van der Waals surface area contributed by atoms with E-state index in [9.17, 15) is 0 Å². The maximum absolute atomic E-state index is 5.65.